The summed E-state index contributed by atoms with van der Waals surface area (Å²) in [6.45, 7) is 3.61. The molecule has 2 aliphatic rings. The molecule has 1 unspecified atom stereocenters. The van der Waals surface area contributed by atoms with E-state index in [9.17, 15) is 0 Å². The summed E-state index contributed by atoms with van der Waals surface area (Å²) in [5, 5.41) is 3.75. The molecule has 1 heterocycles. The van der Waals surface area contributed by atoms with Crippen molar-refractivity contribution in [3.8, 4) is 0 Å². The fraction of sp³-hybridized carbons (Fsp3) is 1.00. The van der Waals surface area contributed by atoms with E-state index < -0.39 is 0 Å². The third-order valence-corrected chi connectivity index (χ3v) is 3.64. The number of piperidine rings is 1. The Morgan fingerprint density at radius 1 is 1.33 bits per heavy atom. The van der Waals surface area contributed by atoms with Crippen molar-refractivity contribution >= 4 is 0 Å². The van der Waals surface area contributed by atoms with Gasteiger partial charge >= 0.3 is 0 Å². The predicted molar refractivity (Wildman–Crippen MR) is 52.2 cm³/mol. The fourth-order valence-corrected chi connectivity index (χ4v) is 2.53. The third-order valence-electron chi connectivity index (χ3n) is 3.64. The molecule has 1 aliphatic heterocycles. The molecular weight excluding hydrogens is 146 g/mol. The zero-order chi connectivity index (χ0) is 8.44. The Bertz CT molecular complexity index is 143. The first-order valence-electron chi connectivity index (χ1n) is 5.60. The van der Waals surface area contributed by atoms with Crippen LogP contribution in [0, 0.1) is 5.92 Å². The van der Waals surface area contributed by atoms with E-state index in [-0.39, 0.29) is 0 Å². The average molecular weight is 167 g/mol. The lowest BCUT2D eigenvalue weighted by atomic mass is 9.82. The largest absolute Gasteiger partial charge is 0.311 e. The summed E-state index contributed by atoms with van der Waals surface area (Å²) >= 11 is 0. The summed E-state index contributed by atoms with van der Waals surface area (Å²) in [6.07, 6.45) is 10.1. The second-order valence-corrected chi connectivity index (χ2v) is 4.67. The Balaban J connectivity index is 1.90. The van der Waals surface area contributed by atoms with Crippen LogP contribution in [-0.2, 0) is 0 Å². The first-order chi connectivity index (χ1) is 5.85. The molecular formula is C11H21N. The van der Waals surface area contributed by atoms with Crippen molar-refractivity contribution in [3.05, 3.63) is 0 Å². The summed E-state index contributed by atoms with van der Waals surface area (Å²) in [5.74, 6) is 1.08. The van der Waals surface area contributed by atoms with Gasteiger partial charge in [-0.2, -0.15) is 0 Å². The Morgan fingerprint density at radius 2 is 2.17 bits per heavy atom. The van der Waals surface area contributed by atoms with E-state index in [2.05, 4.69) is 12.2 Å². The van der Waals surface area contributed by atoms with Crippen LogP contribution < -0.4 is 5.32 Å². The van der Waals surface area contributed by atoms with Crippen LogP contribution in [0.3, 0.4) is 0 Å². The minimum Gasteiger partial charge on any atom is -0.311 e. The highest BCUT2D eigenvalue weighted by molar-refractivity contribution is 4.94. The Kier molecular flexibility index (Phi) is 2.40. The molecule has 1 saturated carbocycles. The van der Waals surface area contributed by atoms with E-state index in [1.165, 1.54) is 51.5 Å². The van der Waals surface area contributed by atoms with Gasteiger partial charge in [-0.05, 0) is 38.1 Å². The molecule has 0 aromatic carbocycles. The molecule has 1 atom stereocenters. The van der Waals surface area contributed by atoms with E-state index in [1.54, 1.807) is 0 Å². The van der Waals surface area contributed by atoms with Crippen molar-refractivity contribution in [3.63, 3.8) is 0 Å². The van der Waals surface area contributed by atoms with Crippen LogP contribution in [0.4, 0.5) is 0 Å². The SMILES string of the molecule is CCC1(CC2CC2)CCCCN1. The van der Waals surface area contributed by atoms with Crippen molar-refractivity contribution in [2.45, 2.75) is 57.4 Å². The van der Waals surface area contributed by atoms with E-state index in [4.69, 9.17) is 0 Å². The van der Waals surface area contributed by atoms with Gasteiger partial charge in [-0.1, -0.05) is 26.2 Å². The minimum atomic E-state index is 0.555. The molecule has 0 bridgehead atoms. The van der Waals surface area contributed by atoms with E-state index in [0.717, 1.165) is 5.92 Å². The molecule has 2 rings (SSSR count). The Labute approximate surface area is 75.9 Å². The lowest BCUT2D eigenvalue weighted by Crippen LogP contribution is -2.48. The molecule has 0 radical (unpaired) electrons. The monoisotopic (exact) mass is 167 g/mol. The first-order valence-corrected chi connectivity index (χ1v) is 5.60. The predicted octanol–water partition coefficient (Wildman–Crippen LogP) is 2.71. The van der Waals surface area contributed by atoms with E-state index in [1.807, 2.05) is 0 Å². The van der Waals surface area contributed by atoms with Crippen LogP contribution in [-0.4, -0.2) is 12.1 Å². The highest BCUT2D eigenvalue weighted by atomic mass is 15.0. The summed E-state index contributed by atoms with van der Waals surface area (Å²) in [7, 11) is 0. The van der Waals surface area contributed by atoms with Crippen molar-refractivity contribution in [2.75, 3.05) is 6.54 Å². The van der Waals surface area contributed by atoms with Crippen molar-refractivity contribution in [1.29, 1.82) is 0 Å². The zero-order valence-corrected chi connectivity index (χ0v) is 8.23. The average Bonchev–Trinajstić information content (AvgIpc) is 2.90. The van der Waals surface area contributed by atoms with Gasteiger partial charge < -0.3 is 5.32 Å². The van der Waals surface area contributed by atoms with Crippen LogP contribution in [0.1, 0.15) is 51.9 Å². The highest BCUT2D eigenvalue weighted by Crippen LogP contribution is 2.40. The molecule has 1 N–H and O–H groups in total. The smallest absolute Gasteiger partial charge is 0.0181 e. The van der Waals surface area contributed by atoms with Crippen LogP contribution in [0.2, 0.25) is 0 Å². The maximum absolute atomic E-state index is 3.75. The van der Waals surface area contributed by atoms with Gasteiger partial charge in [0.2, 0.25) is 0 Å². The lowest BCUT2D eigenvalue weighted by molar-refractivity contribution is 0.218. The maximum atomic E-state index is 3.75. The molecule has 2 fully saturated rings. The number of hydrogen-bond donors (Lipinski definition) is 1. The molecule has 1 nitrogen and oxygen atoms in total. The van der Waals surface area contributed by atoms with Gasteiger partial charge in [-0.3, -0.25) is 0 Å². The molecule has 70 valence electrons. The quantitative estimate of drug-likeness (QED) is 0.681. The van der Waals surface area contributed by atoms with Crippen molar-refractivity contribution in [2.24, 2.45) is 5.92 Å². The highest BCUT2D eigenvalue weighted by Gasteiger charge is 2.35. The van der Waals surface area contributed by atoms with E-state index in [0.29, 0.717) is 5.54 Å². The van der Waals surface area contributed by atoms with Crippen LogP contribution >= 0.6 is 0 Å². The summed E-state index contributed by atoms with van der Waals surface area (Å²) in [4.78, 5) is 0. The molecule has 1 aliphatic carbocycles. The van der Waals surface area contributed by atoms with Gasteiger partial charge in [0.15, 0.2) is 0 Å². The molecule has 0 aromatic rings. The first kappa shape index (κ1) is 8.55. The normalized spacial score (nSPS) is 36.8. The van der Waals surface area contributed by atoms with Gasteiger partial charge in [0.05, 0.1) is 0 Å². The van der Waals surface area contributed by atoms with Crippen LogP contribution in [0.25, 0.3) is 0 Å². The second-order valence-electron chi connectivity index (χ2n) is 4.67. The minimum absolute atomic E-state index is 0.555. The maximum Gasteiger partial charge on any atom is 0.0181 e. The molecule has 0 aromatic heterocycles. The molecule has 1 heteroatoms. The molecule has 12 heavy (non-hydrogen) atoms. The number of hydrogen-bond acceptors (Lipinski definition) is 1. The van der Waals surface area contributed by atoms with Gasteiger partial charge in [-0.15, -0.1) is 0 Å². The van der Waals surface area contributed by atoms with Gasteiger partial charge in [-0.25, -0.2) is 0 Å². The van der Waals surface area contributed by atoms with Gasteiger partial charge in [0.25, 0.3) is 0 Å². The molecule has 0 spiro atoms. The second kappa shape index (κ2) is 3.37. The zero-order valence-electron chi connectivity index (χ0n) is 8.23. The van der Waals surface area contributed by atoms with Gasteiger partial charge in [0, 0.05) is 5.54 Å². The topological polar surface area (TPSA) is 12.0 Å². The number of rotatable bonds is 3. The lowest BCUT2D eigenvalue weighted by Gasteiger charge is -2.38. The van der Waals surface area contributed by atoms with Crippen LogP contribution in [0.5, 0.6) is 0 Å². The number of nitrogens with one attached hydrogen (secondary N) is 1. The van der Waals surface area contributed by atoms with Crippen molar-refractivity contribution < 1.29 is 0 Å². The van der Waals surface area contributed by atoms with Gasteiger partial charge in [0.1, 0.15) is 0 Å². The van der Waals surface area contributed by atoms with E-state index >= 15 is 0 Å². The summed E-state index contributed by atoms with van der Waals surface area (Å²) in [5.41, 5.74) is 0.555. The Hall–Kier alpha value is -0.0400. The standard InChI is InChI=1S/C11H21N/c1-2-11(9-10-5-6-10)7-3-4-8-12-11/h10,12H,2-9H2,1H3. The molecule has 0 amide bonds. The van der Waals surface area contributed by atoms with Crippen molar-refractivity contribution in [1.82, 2.24) is 5.32 Å². The fourth-order valence-electron chi connectivity index (χ4n) is 2.53. The summed E-state index contributed by atoms with van der Waals surface area (Å²) < 4.78 is 0. The Morgan fingerprint density at radius 3 is 2.67 bits per heavy atom. The molecule has 1 saturated heterocycles. The van der Waals surface area contributed by atoms with Crippen LogP contribution in [0.15, 0.2) is 0 Å². The third kappa shape index (κ3) is 1.82. The summed E-state index contributed by atoms with van der Waals surface area (Å²) in [6, 6.07) is 0.